The molecule has 1 unspecified atom stereocenters. The Hall–Kier alpha value is -2.17. The van der Waals surface area contributed by atoms with Crippen LogP contribution in [0.5, 0.6) is 0 Å². The van der Waals surface area contributed by atoms with E-state index in [0.29, 0.717) is 24.3 Å². The van der Waals surface area contributed by atoms with Gasteiger partial charge in [-0.05, 0) is 25.3 Å². The van der Waals surface area contributed by atoms with Gasteiger partial charge in [-0.3, -0.25) is 14.6 Å². The molecular weight excluding hydrogens is 266 g/mol. The van der Waals surface area contributed by atoms with Crippen molar-refractivity contribution in [2.45, 2.75) is 26.2 Å². The number of carbonyl (C=O) groups excluding carboxylic acids is 2. The van der Waals surface area contributed by atoms with Crippen LogP contribution in [0.25, 0.3) is 0 Å². The van der Waals surface area contributed by atoms with Crippen LogP contribution < -0.4 is 10.2 Å². The molecule has 0 bridgehead atoms. The molecule has 1 atom stereocenters. The number of allylic oxidation sites excluding steroid dienone is 2. The summed E-state index contributed by atoms with van der Waals surface area (Å²) in [7, 11) is 0. The summed E-state index contributed by atoms with van der Waals surface area (Å²) in [6.07, 6.45) is 9.65. The number of amides is 2. The van der Waals surface area contributed by atoms with Gasteiger partial charge in [0.05, 0.1) is 23.5 Å². The van der Waals surface area contributed by atoms with Crippen LogP contribution in [0.2, 0.25) is 0 Å². The summed E-state index contributed by atoms with van der Waals surface area (Å²) in [5.74, 6) is -0.131. The third-order valence-corrected chi connectivity index (χ3v) is 4.24. The molecule has 2 aliphatic rings. The van der Waals surface area contributed by atoms with Gasteiger partial charge < -0.3 is 10.2 Å². The Morgan fingerprint density at radius 3 is 2.90 bits per heavy atom. The van der Waals surface area contributed by atoms with Gasteiger partial charge in [0.25, 0.3) is 0 Å². The third kappa shape index (κ3) is 2.55. The van der Waals surface area contributed by atoms with E-state index in [4.69, 9.17) is 0 Å². The van der Waals surface area contributed by atoms with Crippen LogP contribution in [0.1, 0.15) is 26.2 Å². The predicted octanol–water partition coefficient (Wildman–Crippen LogP) is 2.36. The molecule has 0 aromatic carbocycles. The number of pyridine rings is 1. The Kier molecular flexibility index (Phi) is 3.73. The fourth-order valence-electron chi connectivity index (χ4n) is 2.91. The zero-order valence-corrected chi connectivity index (χ0v) is 12.1. The van der Waals surface area contributed by atoms with Crippen molar-refractivity contribution in [3.8, 4) is 0 Å². The Morgan fingerprint density at radius 2 is 2.19 bits per heavy atom. The van der Waals surface area contributed by atoms with Crippen LogP contribution in [0.3, 0.4) is 0 Å². The molecule has 5 nitrogen and oxygen atoms in total. The summed E-state index contributed by atoms with van der Waals surface area (Å²) < 4.78 is 0. The maximum Gasteiger partial charge on any atom is 0.230 e. The first kappa shape index (κ1) is 13.8. The van der Waals surface area contributed by atoms with Crippen molar-refractivity contribution in [3.05, 3.63) is 30.6 Å². The second kappa shape index (κ2) is 5.68. The number of aromatic nitrogens is 1. The van der Waals surface area contributed by atoms with Gasteiger partial charge in [0.2, 0.25) is 11.8 Å². The molecule has 2 amide bonds. The quantitative estimate of drug-likeness (QED) is 0.848. The normalized spacial score (nSPS) is 21.9. The summed E-state index contributed by atoms with van der Waals surface area (Å²) in [5.41, 5.74) is 1.38. The first-order valence-electron chi connectivity index (χ1n) is 7.42. The minimum absolute atomic E-state index is 0.0104. The van der Waals surface area contributed by atoms with Crippen LogP contribution in [-0.4, -0.2) is 23.3 Å². The zero-order chi connectivity index (χ0) is 14.8. The fourth-order valence-corrected chi connectivity index (χ4v) is 2.91. The lowest BCUT2D eigenvalue weighted by molar-refractivity contribution is -0.122. The third-order valence-electron chi connectivity index (χ3n) is 4.24. The fraction of sp³-hybridized carbons (Fsp3) is 0.438. The monoisotopic (exact) mass is 285 g/mol. The summed E-state index contributed by atoms with van der Waals surface area (Å²) in [4.78, 5) is 30.9. The highest BCUT2D eigenvalue weighted by molar-refractivity contribution is 6.05. The number of hydrogen-bond donors (Lipinski definition) is 1. The van der Waals surface area contributed by atoms with E-state index in [9.17, 15) is 9.59 Å². The maximum atomic E-state index is 12.8. The Morgan fingerprint density at radius 1 is 1.43 bits per heavy atom. The van der Waals surface area contributed by atoms with E-state index < -0.39 is 0 Å². The number of anilines is 2. The highest BCUT2D eigenvalue weighted by Crippen LogP contribution is 2.32. The smallest absolute Gasteiger partial charge is 0.230 e. The summed E-state index contributed by atoms with van der Waals surface area (Å²) in [6.45, 7) is 2.40. The van der Waals surface area contributed by atoms with Gasteiger partial charge in [0.1, 0.15) is 0 Å². The van der Waals surface area contributed by atoms with Gasteiger partial charge in [-0.15, -0.1) is 0 Å². The van der Waals surface area contributed by atoms with Crippen molar-refractivity contribution in [1.82, 2.24) is 4.98 Å². The maximum absolute atomic E-state index is 12.8. The molecule has 0 saturated heterocycles. The molecule has 5 heteroatoms. The van der Waals surface area contributed by atoms with Gasteiger partial charge in [-0.25, -0.2) is 0 Å². The largest absolute Gasteiger partial charge is 0.324 e. The molecule has 2 heterocycles. The molecule has 0 saturated carbocycles. The molecule has 1 aliphatic carbocycles. The molecule has 3 rings (SSSR count). The van der Waals surface area contributed by atoms with Crippen molar-refractivity contribution in [2.75, 3.05) is 16.8 Å². The molecule has 1 N–H and O–H groups in total. The molecule has 1 aromatic heterocycles. The van der Waals surface area contributed by atoms with Gasteiger partial charge in [0, 0.05) is 18.7 Å². The lowest BCUT2D eigenvalue weighted by atomic mass is 10.0. The minimum atomic E-state index is -0.185. The van der Waals surface area contributed by atoms with Gasteiger partial charge in [-0.1, -0.05) is 19.1 Å². The number of fused-ring (bicyclic) bond motifs is 1. The lowest BCUT2D eigenvalue weighted by Gasteiger charge is -2.26. The van der Waals surface area contributed by atoms with E-state index in [1.807, 2.05) is 19.1 Å². The van der Waals surface area contributed by atoms with Crippen LogP contribution in [0.15, 0.2) is 30.6 Å². The van der Waals surface area contributed by atoms with Crippen molar-refractivity contribution in [2.24, 2.45) is 11.8 Å². The molecule has 1 aliphatic heterocycles. The van der Waals surface area contributed by atoms with Crippen molar-refractivity contribution < 1.29 is 9.59 Å². The Balaban J connectivity index is 1.96. The molecule has 0 spiro atoms. The van der Waals surface area contributed by atoms with Crippen LogP contribution in [0, 0.1) is 11.8 Å². The lowest BCUT2D eigenvalue weighted by Crippen LogP contribution is -2.39. The van der Waals surface area contributed by atoms with Gasteiger partial charge in [0.15, 0.2) is 0 Å². The second-order valence-corrected chi connectivity index (χ2v) is 5.58. The van der Waals surface area contributed by atoms with E-state index in [2.05, 4.69) is 10.3 Å². The van der Waals surface area contributed by atoms with Crippen LogP contribution in [-0.2, 0) is 9.59 Å². The molecule has 0 radical (unpaired) electrons. The molecule has 21 heavy (non-hydrogen) atoms. The first-order valence-corrected chi connectivity index (χ1v) is 7.42. The molecular formula is C16H19N3O2. The molecule has 0 fully saturated rings. The van der Waals surface area contributed by atoms with E-state index in [1.165, 1.54) is 0 Å². The minimum Gasteiger partial charge on any atom is -0.324 e. The SMILES string of the molecule is CCC1CN(C(=O)C2CC=CC2)c2cnccc2NC1=O. The molecule has 110 valence electrons. The van der Waals surface area contributed by atoms with Gasteiger partial charge >= 0.3 is 0 Å². The van der Waals surface area contributed by atoms with Crippen LogP contribution >= 0.6 is 0 Å². The standard InChI is InChI=1S/C16H19N3O2/c1-2-11-10-19(16(21)12-5-3-4-6-12)14-9-17-8-7-13(14)18-15(11)20/h3-4,7-9,11-12H,2,5-6,10H2,1H3,(H,18,20). The number of rotatable bonds is 2. The number of nitrogens with zero attached hydrogens (tertiary/aromatic N) is 2. The average Bonchev–Trinajstić information content (AvgIpc) is 2.98. The zero-order valence-electron chi connectivity index (χ0n) is 12.1. The summed E-state index contributed by atoms with van der Waals surface area (Å²) in [6, 6.07) is 1.75. The first-order chi connectivity index (χ1) is 10.2. The van der Waals surface area contributed by atoms with E-state index >= 15 is 0 Å². The Bertz CT molecular complexity index is 589. The topological polar surface area (TPSA) is 62.3 Å². The van der Waals surface area contributed by atoms with E-state index in [1.54, 1.807) is 23.4 Å². The summed E-state index contributed by atoms with van der Waals surface area (Å²) in [5, 5.41) is 2.91. The van der Waals surface area contributed by atoms with Crippen molar-refractivity contribution in [1.29, 1.82) is 0 Å². The summed E-state index contributed by atoms with van der Waals surface area (Å²) >= 11 is 0. The average molecular weight is 285 g/mol. The Labute approximate surface area is 124 Å². The number of nitrogens with one attached hydrogen (secondary N) is 1. The van der Waals surface area contributed by atoms with E-state index in [-0.39, 0.29) is 23.7 Å². The van der Waals surface area contributed by atoms with Crippen molar-refractivity contribution in [3.63, 3.8) is 0 Å². The highest BCUT2D eigenvalue weighted by Gasteiger charge is 2.33. The van der Waals surface area contributed by atoms with Crippen LogP contribution in [0.4, 0.5) is 11.4 Å². The van der Waals surface area contributed by atoms with Gasteiger partial charge in [-0.2, -0.15) is 0 Å². The highest BCUT2D eigenvalue weighted by atomic mass is 16.2. The van der Waals surface area contributed by atoms with E-state index in [0.717, 1.165) is 12.8 Å². The molecule has 1 aromatic rings. The predicted molar refractivity (Wildman–Crippen MR) is 80.9 cm³/mol. The number of carbonyl (C=O) groups is 2. The van der Waals surface area contributed by atoms with Crippen molar-refractivity contribution >= 4 is 23.2 Å². The second-order valence-electron chi connectivity index (χ2n) is 5.58. The number of hydrogen-bond acceptors (Lipinski definition) is 3.